The molecule has 0 saturated carbocycles. The van der Waals surface area contributed by atoms with Gasteiger partial charge in [-0.15, -0.1) is 0 Å². The lowest BCUT2D eigenvalue weighted by molar-refractivity contribution is 0.315. The van der Waals surface area contributed by atoms with Crippen molar-refractivity contribution in [3.63, 3.8) is 0 Å². The predicted octanol–water partition coefficient (Wildman–Crippen LogP) is 2.97. The average molecular weight is 278 g/mol. The summed E-state index contributed by atoms with van der Waals surface area (Å²) in [6, 6.07) is 3.37. The minimum Gasteiger partial charge on any atom is -0.492 e. The fraction of sp³-hybridized carbons (Fsp3) is 0.286. The Hall–Kier alpha value is -1.65. The first-order valence-corrected chi connectivity index (χ1v) is 6.53. The molecule has 1 atom stereocenters. The van der Waals surface area contributed by atoms with Crippen LogP contribution in [0.5, 0.6) is 5.75 Å². The standard InChI is InChI=1S/C14H16ClN3O/c1-2-5-19-11-6-10(7-18-8-11)14(16)12-3-4-17-9-13(12)15/h3-4,6-9,14H,2,5,16H2,1H3. The molecule has 2 aromatic heterocycles. The second kappa shape index (κ2) is 6.50. The van der Waals surface area contributed by atoms with Crippen LogP contribution in [-0.4, -0.2) is 16.6 Å². The molecular weight excluding hydrogens is 262 g/mol. The Labute approximate surface area is 117 Å². The highest BCUT2D eigenvalue weighted by molar-refractivity contribution is 6.31. The van der Waals surface area contributed by atoms with Gasteiger partial charge >= 0.3 is 0 Å². The van der Waals surface area contributed by atoms with Crippen molar-refractivity contribution in [3.05, 3.63) is 53.1 Å². The quantitative estimate of drug-likeness (QED) is 0.913. The molecule has 2 aromatic rings. The van der Waals surface area contributed by atoms with Crippen molar-refractivity contribution in [2.75, 3.05) is 6.61 Å². The monoisotopic (exact) mass is 277 g/mol. The maximum Gasteiger partial charge on any atom is 0.137 e. The SMILES string of the molecule is CCCOc1cncc(C(N)c2ccncc2Cl)c1. The van der Waals surface area contributed by atoms with Gasteiger partial charge in [0.1, 0.15) is 5.75 Å². The highest BCUT2D eigenvalue weighted by atomic mass is 35.5. The normalized spacial score (nSPS) is 12.2. The van der Waals surface area contributed by atoms with Gasteiger partial charge in [0.2, 0.25) is 0 Å². The van der Waals surface area contributed by atoms with Crippen molar-refractivity contribution < 1.29 is 4.74 Å². The highest BCUT2D eigenvalue weighted by Crippen LogP contribution is 2.26. The zero-order valence-electron chi connectivity index (χ0n) is 10.7. The highest BCUT2D eigenvalue weighted by Gasteiger charge is 2.13. The van der Waals surface area contributed by atoms with Crippen LogP contribution in [0.4, 0.5) is 0 Å². The number of nitrogens with two attached hydrogens (primary N) is 1. The molecule has 5 heteroatoms. The number of rotatable bonds is 5. The van der Waals surface area contributed by atoms with Gasteiger partial charge in [-0.2, -0.15) is 0 Å². The Kier molecular flexibility index (Phi) is 4.71. The van der Waals surface area contributed by atoms with Crippen molar-refractivity contribution in [1.82, 2.24) is 9.97 Å². The van der Waals surface area contributed by atoms with Gasteiger partial charge in [-0.3, -0.25) is 9.97 Å². The molecule has 0 aliphatic heterocycles. The fourth-order valence-corrected chi connectivity index (χ4v) is 1.96. The average Bonchev–Trinajstić information content (AvgIpc) is 2.45. The Morgan fingerprint density at radius 3 is 2.89 bits per heavy atom. The van der Waals surface area contributed by atoms with Gasteiger partial charge in [0.15, 0.2) is 0 Å². The van der Waals surface area contributed by atoms with Crippen molar-refractivity contribution in [2.24, 2.45) is 5.73 Å². The Balaban J connectivity index is 2.24. The zero-order chi connectivity index (χ0) is 13.7. The lowest BCUT2D eigenvalue weighted by atomic mass is 10.0. The molecule has 0 aliphatic rings. The Morgan fingerprint density at radius 2 is 2.16 bits per heavy atom. The number of hydrogen-bond acceptors (Lipinski definition) is 4. The topological polar surface area (TPSA) is 61.0 Å². The third kappa shape index (κ3) is 3.43. The van der Waals surface area contributed by atoms with E-state index in [0.29, 0.717) is 11.6 Å². The van der Waals surface area contributed by atoms with Crippen LogP contribution in [0, 0.1) is 0 Å². The number of ether oxygens (including phenoxy) is 1. The molecule has 100 valence electrons. The summed E-state index contributed by atoms with van der Waals surface area (Å²) in [4.78, 5) is 8.10. The van der Waals surface area contributed by atoms with E-state index >= 15 is 0 Å². The summed E-state index contributed by atoms with van der Waals surface area (Å²) in [5.41, 5.74) is 7.89. The lowest BCUT2D eigenvalue weighted by Crippen LogP contribution is -2.13. The molecule has 0 fully saturated rings. The summed E-state index contributed by atoms with van der Waals surface area (Å²) in [5, 5.41) is 0.551. The molecule has 2 rings (SSSR count). The third-order valence-corrected chi connectivity index (χ3v) is 3.02. The van der Waals surface area contributed by atoms with E-state index in [1.165, 1.54) is 0 Å². The van der Waals surface area contributed by atoms with E-state index in [4.69, 9.17) is 22.1 Å². The van der Waals surface area contributed by atoms with Crippen LogP contribution in [0.25, 0.3) is 0 Å². The zero-order valence-corrected chi connectivity index (χ0v) is 11.5. The number of aromatic nitrogens is 2. The summed E-state index contributed by atoms with van der Waals surface area (Å²) in [6.07, 6.45) is 7.61. The van der Waals surface area contributed by atoms with Crippen LogP contribution < -0.4 is 10.5 Å². The predicted molar refractivity (Wildman–Crippen MR) is 75.3 cm³/mol. The van der Waals surface area contributed by atoms with E-state index in [2.05, 4.69) is 16.9 Å². The van der Waals surface area contributed by atoms with Crippen molar-refractivity contribution in [1.29, 1.82) is 0 Å². The van der Waals surface area contributed by atoms with Gasteiger partial charge < -0.3 is 10.5 Å². The molecule has 2 heterocycles. The first-order chi connectivity index (χ1) is 9.22. The molecule has 19 heavy (non-hydrogen) atoms. The van der Waals surface area contributed by atoms with Crippen LogP contribution in [-0.2, 0) is 0 Å². The molecule has 1 unspecified atom stereocenters. The maximum atomic E-state index is 6.21. The molecule has 0 amide bonds. The number of pyridine rings is 2. The molecule has 0 aromatic carbocycles. The van der Waals surface area contributed by atoms with Crippen molar-refractivity contribution in [2.45, 2.75) is 19.4 Å². The molecule has 0 aliphatic carbocycles. The Bertz CT molecular complexity index is 548. The second-order valence-electron chi connectivity index (χ2n) is 4.18. The van der Waals surface area contributed by atoms with Crippen LogP contribution in [0.2, 0.25) is 5.02 Å². The molecular formula is C14H16ClN3O. The number of halogens is 1. The molecule has 2 N–H and O–H groups in total. The summed E-state index contributed by atoms with van der Waals surface area (Å²) < 4.78 is 5.55. The van der Waals surface area contributed by atoms with Gasteiger partial charge in [-0.25, -0.2) is 0 Å². The Morgan fingerprint density at radius 1 is 1.32 bits per heavy atom. The van der Waals surface area contributed by atoms with E-state index in [9.17, 15) is 0 Å². The lowest BCUT2D eigenvalue weighted by Gasteiger charge is -2.14. The maximum absolute atomic E-state index is 6.21. The molecule has 0 radical (unpaired) electrons. The van der Waals surface area contributed by atoms with E-state index in [0.717, 1.165) is 23.3 Å². The van der Waals surface area contributed by atoms with Crippen LogP contribution in [0.1, 0.15) is 30.5 Å². The minimum absolute atomic E-state index is 0.340. The van der Waals surface area contributed by atoms with Gasteiger partial charge in [0.25, 0.3) is 0 Å². The van der Waals surface area contributed by atoms with Gasteiger partial charge in [-0.05, 0) is 29.7 Å². The molecule has 0 saturated heterocycles. The van der Waals surface area contributed by atoms with Crippen LogP contribution >= 0.6 is 11.6 Å². The van der Waals surface area contributed by atoms with Crippen LogP contribution in [0.15, 0.2) is 36.9 Å². The van der Waals surface area contributed by atoms with Crippen molar-refractivity contribution >= 4 is 11.6 Å². The summed E-state index contributed by atoms with van der Waals surface area (Å²) in [5.74, 6) is 0.722. The third-order valence-electron chi connectivity index (χ3n) is 2.71. The van der Waals surface area contributed by atoms with Crippen LogP contribution in [0.3, 0.4) is 0 Å². The smallest absolute Gasteiger partial charge is 0.137 e. The van der Waals surface area contributed by atoms with E-state index in [1.807, 2.05) is 12.1 Å². The number of hydrogen-bond donors (Lipinski definition) is 1. The van der Waals surface area contributed by atoms with Gasteiger partial charge in [0.05, 0.1) is 23.9 Å². The van der Waals surface area contributed by atoms with E-state index in [-0.39, 0.29) is 6.04 Å². The second-order valence-corrected chi connectivity index (χ2v) is 4.58. The van der Waals surface area contributed by atoms with Crippen molar-refractivity contribution in [3.8, 4) is 5.75 Å². The summed E-state index contributed by atoms with van der Waals surface area (Å²) in [6.45, 7) is 2.72. The molecule has 0 spiro atoms. The van der Waals surface area contributed by atoms with Gasteiger partial charge in [0, 0.05) is 18.6 Å². The minimum atomic E-state index is -0.340. The summed E-state index contributed by atoms with van der Waals surface area (Å²) in [7, 11) is 0. The fourth-order valence-electron chi connectivity index (χ4n) is 1.72. The van der Waals surface area contributed by atoms with E-state index in [1.54, 1.807) is 24.8 Å². The number of nitrogens with zero attached hydrogens (tertiary/aromatic N) is 2. The van der Waals surface area contributed by atoms with Gasteiger partial charge in [-0.1, -0.05) is 18.5 Å². The molecule has 4 nitrogen and oxygen atoms in total. The largest absolute Gasteiger partial charge is 0.492 e. The van der Waals surface area contributed by atoms with E-state index < -0.39 is 0 Å². The molecule has 0 bridgehead atoms. The first kappa shape index (κ1) is 13.8. The summed E-state index contributed by atoms with van der Waals surface area (Å²) >= 11 is 6.10. The first-order valence-electron chi connectivity index (χ1n) is 6.15.